The molecular formula is C4H8B2. The highest BCUT2D eigenvalue weighted by molar-refractivity contribution is 6.41. The average molecular weight is 77.7 g/mol. The van der Waals surface area contributed by atoms with Gasteiger partial charge in [-0.05, 0) is 0 Å². The summed E-state index contributed by atoms with van der Waals surface area (Å²) in [6.07, 6.45) is 2.01. The van der Waals surface area contributed by atoms with Gasteiger partial charge in [0.1, 0.15) is 0 Å². The zero-order valence-electron chi connectivity index (χ0n) is 3.07. The molecule has 0 aromatic carbocycles. The second kappa shape index (κ2) is 1.32. The minimum atomic E-state index is -0.250. The maximum atomic E-state index is 5.24. The first-order chi connectivity index (χ1) is 2.21. The maximum Gasteiger partial charge on any atom is 0.0620 e. The zero-order chi connectivity index (χ0) is 3.91. The van der Waals surface area contributed by atoms with E-state index in [4.69, 9.17) is 15.7 Å². The molecule has 0 amide bonds. The Kier molecular flexibility index (Phi) is 1.35. The van der Waals surface area contributed by atoms with Crippen LogP contribution in [-0.2, 0) is 0 Å². The van der Waals surface area contributed by atoms with E-state index in [0.29, 0.717) is 0 Å². The molecule has 0 N–H and O–H groups in total. The van der Waals surface area contributed by atoms with Gasteiger partial charge in [-0.3, -0.25) is 0 Å². The molecule has 0 heterocycles. The topological polar surface area (TPSA) is 0 Å². The summed E-state index contributed by atoms with van der Waals surface area (Å²) in [4.78, 5) is 0. The van der Waals surface area contributed by atoms with Gasteiger partial charge < -0.3 is 0 Å². The monoisotopic (exact) mass is 78.1 g/mol. The molecule has 1 aliphatic carbocycles. The summed E-state index contributed by atoms with van der Waals surface area (Å²) in [6, 6.07) is 0. The van der Waals surface area contributed by atoms with Crippen molar-refractivity contribution in [2.24, 2.45) is 0 Å². The van der Waals surface area contributed by atoms with E-state index in [1.165, 1.54) is 0 Å². The Morgan fingerprint density at radius 2 is 1.33 bits per heavy atom. The van der Waals surface area contributed by atoms with E-state index in [2.05, 4.69) is 0 Å². The first kappa shape index (κ1) is 6.13. The van der Waals surface area contributed by atoms with E-state index in [1.54, 1.807) is 0 Å². The van der Waals surface area contributed by atoms with Gasteiger partial charge in [0, 0.05) is 0 Å². The summed E-state index contributed by atoms with van der Waals surface area (Å²) in [7, 11) is 10.5. The Bertz CT molecular complexity index is 43.5. The summed E-state index contributed by atoms with van der Waals surface area (Å²) < 4.78 is 0. The molecule has 1 saturated carbocycles. The van der Waals surface area contributed by atoms with Gasteiger partial charge in [0.25, 0.3) is 0 Å². The summed E-state index contributed by atoms with van der Waals surface area (Å²) in [5.41, 5.74) is 0. The molecule has 1 aliphatic rings. The molecule has 2 heteroatoms. The van der Waals surface area contributed by atoms with Crippen LogP contribution in [0.15, 0.2) is 0 Å². The third-order valence-corrected chi connectivity index (χ3v) is 0.827. The molecule has 1 fully saturated rings. The van der Waals surface area contributed by atoms with Crippen molar-refractivity contribution in [3.63, 3.8) is 0 Å². The van der Waals surface area contributed by atoms with Crippen LogP contribution in [-0.4, -0.2) is 15.7 Å². The molecule has 30 valence electrons. The predicted molar refractivity (Wildman–Crippen MR) is 30.2 cm³/mol. The second-order valence-electron chi connectivity index (χ2n) is 1.73. The van der Waals surface area contributed by atoms with Crippen LogP contribution in [0.2, 0.25) is 5.21 Å². The zero-order valence-corrected chi connectivity index (χ0v) is 3.07. The molecule has 6 heavy (non-hydrogen) atoms. The minimum Gasteiger partial charge on any atom is -0.0990 e. The summed E-state index contributed by atoms with van der Waals surface area (Å²) >= 11 is 0. The van der Waals surface area contributed by atoms with Crippen LogP contribution in [0.4, 0.5) is 0 Å². The van der Waals surface area contributed by atoms with Gasteiger partial charge in [0.15, 0.2) is 0 Å². The van der Waals surface area contributed by atoms with Gasteiger partial charge in [-0.1, -0.05) is 25.5 Å². The molecular weight excluding hydrogens is 69.7 g/mol. The summed E-state index contributed by atoms with van der Waals surface area (Å²) in [5.74, 6) is 0. The Balaban J connectivity index is 0.000000250. The molecule has 4 radical (unpaired) electrons. The Morgan fingerprint density at radius 3 is 1.33 bits per heavy atom. The summed E-state index contributed by atoms with van der Waals surface area (Å²) in [5, 5.41) is -0.250. The molecule has 0 spiro atoms. The molecule has 0 aliphatic heterocycles. The van der Waals surface area contributed by atoms with Gasteiger partial charge >= 0.3 is 0 Å². The van der Waals surface area contributed by atoms with Crippen LogP contribution < -0.4 is 0 Å². The van der Waals surface area contributed by atoms with Crippen molar-refractivity contribution >= 4 is 15.7 Å². The highest BCUT2D eigenvalue weighted by Crippen LogP contribution is 2.45. The van der Waals surface area contributed by atoms with E-state index in [1.807, 2.05) is 0 Å². The molecule has 0 aromatic heterocycles. The molecule has 0 saturated heterocycles. The molecule has 0 nitrogen and oxygen atoms in total. The van der Waals surface area contributed by atoms with Crippen molar-refractivity contribution < 1.29 is 0 Å². The number of hydrogen-bond acceptors (Lipinski definition) is 0. The van der Waals surface area contributed by atoms with E-state index < -0.39 is 0 Å². The Morgan fingerprint density at radius 1 is 1.17 bits per heavy atom. The number of hydrogen-bond donors (Lipinski definition) is 0. The first-order valence-electron chi connectivity index (χ1n) is 1.78. The van der Waals surface area contributed by atoms with E-state index >= 15 is 0 Å². The van der Waals surface area contributed by atoms with Crippen LogP contribution in [0.3, 0.4) is 0 Å². The predicted octanol–water partition coefficient (Wildman–Crippen LogP) is 0.869. The lowest BCUT2D eigenvalue weighted by Crippen LogP contribution is -1.83. The van der Waals surface area contributed by atoms with Crippen molar-refractivity contribution in [2.75, 3.05) is 0 Å². The largest absolute Gasteiger partial charge is 0.0990 e. The lowest BCUT2D eigenvalue weighted by Gasteiger charge is -1.86. The lowest BCUT2D eigenvalue weighted by molar-refractivity contribution is 1.32. The van der Waals surface area contributed by atoms with Gasteiger partial charge in [-0.25, -0.2) is 0 Å². The van der Waals surface area contributed by atoms with E-state index in [-0.39, 0.29) is 12.6 Å². The van der Waals surface area contributed by atoms with Crippen molar-refractivity contribution in [1.82, 2.24) is 0 Å². The van der Waals surface area contributed by atoms with Crippen molar-refractivity contribution in [3.8, 4) is 0 Å². The molecule has 0 aromatic rings. The van der Waals surface area contributed by atoms with Gasteiger partial charge in [-0.15, -0.1) is 0 Å². The maximum absolute atomic E-state index is 5.24. The molecule has 1 rings (SSSR count). The molecule has 0 unspecified atom stereocenters. The van der Waals surface area contributed by atoms with Crippen molar-refractivity contribution in [2.45, 2.75) is 25.5 Å². The number of rotatable bonds is 0. The highest BCUT2D eigenvalue weighted by atomic mass is 14.2. The van der Waals surface area contributed by atoms with Crippen LogP contribution in [0, 0.1) is 0 Å². The van der Waals surface area contributed by atoms with Gasteiger partial charge in [0.05, 0.1) is 15.7 Å². The third kappa shape index (κ3) is 1.54. The summed E-state index contributed by atoms with van der Waals surface area (Å²) in [6.45, 7) is 0. The van der Waals surface area contributed by atoms with Crippen molar-refractivity contribution in [3.05, 3.63) is 0 Å². The Labute approximate surface area is 42.1 Å². The fourth-order valence-electron chi connectivity index (χ4n) is 0.144. The van der Waals surface area contributed by atoms with Crippen LogP contribution >= 0.6 is 0 Å². The lowest BCUT2D eigenvalue weighted by atomic mass is 9.67. The van der Waals surface area contributed by atoms with Gasteiger partial charge in [-0.2, -0.15) is 0 Å². The first-order valence-corrected chi connectivity index (χ1v) is 1.78. The average Bonchev–Trinajstić information content (AvgIpc) is 1.76. The molecule has 0 atom stereocenters. The molecule has 0 bridgehead atoms. The van der Waals surface area contributed by atoms with Crippen LogP contribution in [0.25, 0.3) is 0 Å². The highest BCUT2D eigenvalue weighted by Gasteiger charge is 2.29. The van der Waals surface area contributed by atoms with E-state index in [0.717, 1.165) is 12.8 Å². The smallest absolute Gasteiger partial charge is 0.0620 e. The Hall–Kier alpha value is 0.130. The SMILES string of the molecule is C.[B]C1([B])CC1. The fraction of sp³-hybridized carbons (Fsp3) is 1.00. The van der Waals surface area contributed by atoms with Gasteiger partial charge in [0.2, 0.25) is 0 Å². The van der Waals surface area contributed by atoms with Crippen LogP contribution in [0.1, 0.15) is 20.3 Å². The fourth-order valence-corrected chi connectivity index (χ4v) is 0.144. The normalized spacial score (nSPS) is 24.7. The second-order valence-corrected chi connectivity index (χ2v) is 1.73. The van der Waals surface area contributed by atoms with Crippen LogP contribution in [0.5, 0.6) is 0 Å². The van der Waals surface area contributed by atoms with E-state index in [9.17, 15) is 0 Å². The van der Waals surface area contributed by atoms with Crippen molar-refractivity contribution in [1.29, 1.82) is 0 Å². The standard InChI is InChI=1S/C3H4B2.CH4/c4-3(5)1-2-3;/h1-2H2;1H4. The quantitative estimate of drug-likeness (QED) is 0.377. The third-order valence-electron chi connectivity index (χ3n) is 0.827. The minimum absolute atomic E-state index is 0.